The molecule has 120 valence electrons. The van der Waals surface area contributed by atoms with E-state index in [1.165, 1.54) is 0 Å². The van der Waals surface area contributed by atoms with E-state index >= 15 is 0 Å². The zero-order chi connectivity index (χ0) is 16.2. The van der Waals surface area contributed by atoms with Gasteiger partial charge in [-0.25, -0.2) is 0 Å². The van der Waals surface area contributed by atoms with Gasteiger partial charge in [0.05, 0.1) is 19.2 Å². The van der Waals surface area contributed by atoms with E-state index in [1.807, 2.05) is 37.3 Å². The molecule has 3 rings (SSSR count). The molecule has 0 radical (unpaired) electrons. The van der Waals surface area contributed by atoms with Crippen LogP contribution in [0.2, 0.25) is 0 Å². The summed E-state index contributed by atoms with van der Waals surface area (Å²) in [7, 11) is 0. The van der Waals surface area contributed by atoms with E-state index in [0.717, 1.165) is 17.5 Å². The van der Waals surface area contributed by atoms with Crippen molar-refractivity contribution in [2.45, 2.75) is 32.4 Å². The van der Waals surface area contributed by atoms with E-state index in [2.05, 4.69) is 5.32 Å². The van der Waals surface area contributed by atoms with Crippen LogP contribution in [0.4, 0.5) is 0 Å². The van der Waals surface area contributed by atoms with Crippen molar-refractivity contribution in [2.75, 3.05) is 6.54 Å². The largest absolute Gasteiger partial charge is 0.467 e. The van der Waals surface area contributed by atoms with Crippen LogP contribution in [0.1, 0.15) is 36.3 Å². The van der Waals surface area contributed by atoms with Crippen LogP contribution in [0.5, 0.6) is 0 Å². The monoisotopic (exact) mass is 312 g/mol. The molecule has 1 N–H and O–H groups in total. The number of benzene rings is 1. The smallest absolute Gasteiger partial charge is 0.247 e. The van der Waals surface area contributed by atoms with Gasteiger partial charge >= 0.3 is 0 Å². The Kier molecular flexibility index (Phi) is 4.46. The Morgan fingerprint density at radius 1 is 1.30 bits per heavy atom. The zero-order valence-electron chi connectivity index (χ0n) is 13.1. The molecule has 1 aromatic carbocycles. The predicted molar refractivity (Wildman–Crippen MR) is 85.4 cm³/mol. The molecule has 0 saturated carbocycles. The van der Waals surface area contributed by atoms with Gasteiger partial charge in [-0.15, -0.1) is 0 Å². The van der Waals surface area contributed by atoms with E-state index < -0.39 is 6.04 Å². The fourth-order valence-electron chi connectivity index (χ4n) is 3.00. The molecule has 0 saturated heterocycles. The second-order valence-corrected chi connectivity index (χ2v) is 5.66. The summed E-state index contributed by atoms with van der Waals surface area (Å²) in [6, 6.07) is 10.7. The third-order valence-corrected chi connectivity index (χ3v) is 4.05. The highest BCUT2D eigenvalue weighted by Gasteiger charge is 2.36. The molecule has 0 spiro atoms. The highest BCUT2D eigenvalue weighted by molar-refractivity contribution is 5.92. The van der Waals surface area contributed by atoms with Crippen molar-refractivity contribution in [3.05, 3.63) is 59.5 Å². The van der Waals surface area contributed by atoms with Gasteiger partial charge in [-0.05, 0) is 29.7 Å². The maximum atomic E-state index is 12.7. The average Bonchev–Trinajstić information content (AvgIpc) is 3.07. The number of fused-ring (bicyclic) bond motifs is 1. The fourth-order valence-corrected chi connectivity index (χ4v) is 3.00. The van der Waals surface area contributed by atoms with Crippen molar-refractivity contribution < 1.29 is 14.0 Å². The quantitative estimate of drug-likeness (QED) is 0.922. The zero-order valence-corrected chi connectivity index (χ0v) is 13.1. The van der Waals surface area contributed by atoms with Crippen molar-refractivity contribution in [1.82, 2.24) is 10.2 Å². The number of hydrogen-bond acceptors (Lipinski definition) is 3. The summed E-state index contributed by atoms with van der Waals surface area (Å²) < 4.78 is 5.24. The van der Waals surface area contributed by atoms with Crippen LogP contribution >= 0.6 is 0 Å². The number of hydrogen-bond donors (Lipinski definition) is 1. The van der Waals surface area contributed by atoms with Gasteiger partial charge in [0.1, 0.15) is 11.8 Å². The standard InChI is InChI=1S/C18H20N2O3/c1-2-9-20-16(21)11-13-6-3-4-8-15(13)17(20)18(22)19-12-14-7-5-10-23-14/h3-8,10,17H,2,9,11-12H2,1H3,(H,19,22)/t17-/m0/s1. The minimum absolute atomic E-state index is 0.00342. The van der Waals surface area contributed by atoms with Crippen LogP contribution in [-0.4, -0.2) is 23.3 Å². The second-order valence-electron chi connectivity index (χ2n) is 5.66. The Bertz CT molecular complexity index is 694. The van der Waals surface area contributed by atoms with Crippen molar-refractivity contribution in [3.8, 4) is 0 Å². The number of amides is 2. The molecule has 2 amide bonds. The minimum Gasteiger partial charge on any atom is -0.467 e. The van der Waals surface area contributed by atoms with Crippen LogP contribution in [0.25, 0.3) is 0 Å². The van der Waals surface area contributed by atoms with E-state index in [0.29, 0.717) is 25.3 Å². The maximum absolute atomic E-state index is 12.7. The number of carbonyl (C=O) groups is 2. The fraction of sp³-hybridized carbons (Fsp3) is 0.333. The Labute approximate surface area is 135 Å². The van der Waals surface area contributed by atoms with Gasteiger partial charge in [-0.2, -0.15) is 0 Å². The van der Waals surface area contributed by atoms with Gasteiger partial charge in [-0.3, -0.25) is 9.59 Å². The predicted octanol–water partition coefficient (Wildman–Crippen LogP) is 2.43. The van der Waals surface area contributed by atoms with Gasteiger partial charge in [0, 0.05) is 6.54 Å². The number of furan rings is 1. The van der Waals surface area contributed by atoms with Crippen LogP contribution in [0.15, 0.2) is 47.1 Å². The first-order valence-electron chi connectivity index (χ1n) is 7.88. The molecular weight excluding hydrogens is 292 g/mol. The molecule has 5 heteroatoms. The summed E-state index contributed by atoms with van der Waals surface area (Å²) in [4.78, 5) is 26.8. The molecule has 23 heavy (non-hydrogen) atoms. The first-order valence-corrected chi connectivity index (χ1v) is 7.88. The van der Waals surface area contributed by atoms with Crippen LogP contribution in [0.3, 0.4) is 0 Å². The maximum Gasteiger partial charge on any atom is 0.247 e. The van der Waals surface area contributed by atoms with Gasteiger partial charge in [0.15, 0.2) is 0 Å². The molecule has 5 nitrogen and oxygen atoms in total. The molecule has 1 atom stereocenters. The summed E-state index contributed by atoms with van der Waals surface area (Å²) in [6.45, 7) is 2.90. The number of nitrogens with zero attached hydrogens (tertiary/aromatic N) is 1. The number of nitrogens with one attached hydrogen (secondary N) is 1. The van der Waals surface area contributed by atoms with Crippen molar-refractivity contribution in [2.24, 2.45) is 0 Å². The van der Waals surface area contributed by atoms with Gasteiger partial charge < -0.3 is 14.6 Å². The van der Waals surface area contributed by atoms with E-state index in [1.54, 1.807) is 17.2 Å². The molecule has 2 aromatic rings. The highest BCUT2D eigenvalue weighted by atomic mass is 16.3. The summed E-state index contributed by atoms with van der Waals surface area (Å²) in [6.07, 6.45) is 2.75. The lowest BCUT2D eigenvalue weighted by molar-refractivity contribution is -0.141. The first-order chi connectivity index (χ1) is 11.2. The van der Waals surface area contributed by atoms with Crippen LogP contribution < -0.4 is 5.32 Å². The van der Waals surface area contributed by atoms with Gasteiger partial charge in [0.2, 0.25) is 11.8 Å². The average molecular weight is 312 g/mol. The molecular formula is C18H20N2O3. The molecule has 1 aliphatic rings. The Morgan fingerprint density at radius 3 is 2.87 bits per heavy atom. The summed E-state index contributed by atoms with van der Waals surface area (Å²) >= 11 is 0. The summed E-state index contributed by atoms with van der Waals surface area (Å²) in [5, 5.41) is 2.88. The lowest BCUT2D eigenvalue weighted by Crippen LogP contribution is -2.47. The topological polar surface area (TPSA) is 62.6 Å². The van der Waals surface area contributed by atoms with E-state index in [-0.39, 0.29) is 11.8 Å². The van der Waals surface area contributed by atoms with E-state index in [4.69, 9.17) is 4.42 Å². The van der Waals surface area contributed by atoms with Crippen molar-refractivity contribution >= 4 is 11.8 Å². The number of carbonyl (C=O) groups excluding carboxylic acids is 2. The molecule has 0 bridgehead atoms. The molecule has 2 heterocycles. The normalized spacial score (nSPS) is 17.0. The molecule has 1 aliphatic heterocycles. The van der Waals surface area contributed by atoms with Crippen molar-refractivity contribution in [1.29, 1.82) is 0 Å². The SMILES string of the molecule is CCCN1C(=O)Cc2ccccc2[C@H]1C(=O)NCc1ccco1. The first kappa shape index (κ1) is 15.3. The minimum atomic E-state index is -0.567. The van der Waals surface area contributed by atoms with E-state index in [9.17, 15) is 9.59 Å². The molecule has 0 fully saturated rings. The van der Waals surface area contributed by atoms with Crippen LogP contribution in [0, 0.1) is 0 Å². The number of rotatable bonds is 5. The van der Waals surface area contributed by atoms with Gasteiger partial charge in [-0.1, -0.05) is 31.2 Å². The summed E-state index contributed by atoms with van der Waals surface area (Å²) in [5.41, 5.74) is 1.85. The lowest BCUT2D eigenvalue weighted by atomic mass is 9.91. The Hall–Kier alpha value is -2.56. The van der Waals surface area contributed by atoms with Crippen molar-refractivity contribution in [3.63, 3.8) is 0 Å². The van der Waals surface area contributed by atoms with Gasteiger partial charge in [0.25, 0.3) is 0 Å². The second kappa shape index (κ2) is 6.69. The Balaban J connectivity index is 1.85. The third kappa shape index (κ3) is 3.13. The lowest BCUT2D eigenvalue weighted by Gasteiger charge is -2.36. The molecule has 0 unspecified atom stereocenters. The van der Waals surface area contributed by atoms with Crippen LogP contribution in [-0.2, 0) is 22.6 Å². The molecule has 0 aliphatic carbocycles. The summed E-state index contributed by atoms with van der Waals surface area (Å²) in [5.74, 6) is 0.523. The highest BCUT2D eigenvalue weighted by Crippen LogP contribution is 2.30. The molecule has 1 aromatic heterocycles. The Morgan fingerprint density at radius 2 is 2.13 bits per heavy atom. The third-order valence-electron chi connectivity index (χ3n) is 4.05.